The Morgan fingerprint density at radius 2 is 2.25 bits per heavy atom. The molecule has 1 N–H and O–H groups in total. The Balaban J connectivity index is 1.96. The number of ether oxygens (including phenoxy) is 1. The highest BCUT2D eigenvalue weighted by Crippen LogP contribution is 2.27. The number of hydrogen-bond donors (Lipinski definition) is 1. The number of hydrogen-bond acceptors (Lipinski definition) is 3. The van der Waals surface area contributed by atoms with E-state index < -0.39 is 0 Å². The molecule has 112 valence electrons. The van der Waals surface area contributed by atoms with Crippen LogP contribution in [0.3, 0.4) is 0 Å². The molecule has 0 radical (unpaired) electrons. The van der Waals surface area contributed by atoms with Gasteiger partial charge in [-0.15, -0.1) is 0 Å². The van der Waals surface area contributed by atoms with E-state index >= 15 is 0 Å². The lowest BCUT2D eigenvalue weighted by Crippen LogP contribution is -2.39. The van der Waals surface area contributed by atoms with Crippen molar-refractivity contribution in [3.8, 4) is 5.75 Å². The average molecular weight is 341 g/mol. The van der Waals surface area contributed by atoms with Gasteiger partial charge in [-0.2, -0.15) is 0 Å². The predicted octanol–water partition coefficient (Wildman–Crippen LogP) is 3.42. The van der Waals surface area contributed by atoms with E-state index in [2.05, 4.69) is 52.1 Å². The van der Waals surface area contributed by atoms with Crippen LogP contribution in [-0.4, -0.2) is 37.2 Å². The summed E-state index contributed by atoms with van der Waals surface area (Å²) < 4.78 is 6.32. The van der Waals surface area contributed by atoms with Gasteiger partial charge < -0.3 is 10.1 Å². The van der Waals surface area contributed by atoms with Crippen molar-refractivity contribution in [2.75, 3.05) is 20.2 Å². The van der Waals surface area contributed by atoms with Gasteiger partial charge in [0.1, 0.15) is 5.75 Å². The maximum atomic E-state index is 5.29. The summed E-state index contributed by atoms with van der Waals surface area (Å²) in [6.07, 6.45) is 2.61. The molecule has 1 aromatic rings. The summed E-state index contributed by atoms with van der Waals surface area (Å²) in [6.45, 7) is 7.73. The molecule has 1 heterocycles. The lowest BCUT2D eigenvalue weighted by atomic mass is 10.1. The Hall–Kier alpha value is -0.580. The Morgan fingerprint density at radius 1 is 1.45 bits per heavy atom. The molecule has 0 bridgehead atoms. The van der Waals surface area contributed by atoms with E-state index in [9.17, 15) is 0 Å². The predicted molar refractivity (Wildman–Crippen MR) is 87.3 cm³/mol. The normalized spacial score (nSPS) is 19.8. The molecule has 4 heteroatoms. The minimum absolute atomic E-state index is 0.563. The number of halogens is 1. The first-order valence-corrected chi connectivity index (χ1v) is 8.19. The standard InChI is InChI=1S/C16H25BrN2O/c1-12(2)18-10-14-5-4-8-19(14)11-13-6-7-16(20-3)15(17)9-13/h6-7,9,12,14,18H,4-5,8,10-11H2,1-3H3. The van der Waals surface area contributed by atoms with Crippen molar-refractivity contribution in [2.24, 2.45) is 0 Å². The molecule has 2 rings (SSSR count). The molecule has 0 spiro atoms. The summed E-state index contributed by atoms with van der Waals surface area (Å²) >= 11 is 3.57. The number of likely N-dealkylation sites (tertiary alicyclic amines) is 1. The summed E-state index contributed by atoms with van der Waals surface area (Å²) in [5.74, 6) is 0.896. The highest BCUT2D eigenvalue weighted by atomic mass is 79.9. The quantitative estimate of drug-likeness (QED) is 0.858. The van der Waals surface area contributed by atoms with Gasteiger partial charge in [0, 0.05) is 25.2 Å². The molecule has 0 amide bonds. The van der Waals surface area contributed by atoms with E-state index in [-0.39, 0.29) is 0 Å². The van der Waals surface area contributed by atoms with Crippen molar-refractivity contribution in [3.05, 3.63) is 28.2 Å². The second-order valence-corrected chi connectivity index (χ2v) is 6.65. The topological polar surface area (TPSA) is 24.5 Å². The third-order valence-electron chi connectivity index (χ3n) is 3.86. The highest BCUT2D eigenvalue weighted by Gasteiger charge is 2.24. The maximum Gasteiger partial charge on any atom is 0.133 e. The Morgan fingerprint density at radius 3 is 2.90 bits per heavy atom. The first-order chi connectivity index (χ1) is 9.60. The number of nitrogens with zero attached hydrogens (tertiary/aromatic N) is 1. The summed E-state index contributed by atoms with van der Waals surface area (Å²) in [7, 11) is 1.70. The van der Waals surface area contributed by atoms with Crippen LogP contribution in [0.25, 0.3) is 0 Å². The van der Waals surface area contributed by atoms with Gasteiger partial charge >= 0.3 is 0 Å². The van der Waals surface area contributed by atoms with Crippen LogP contribution in [0.1, 0.15) is 32.3 Å². The van der Waals surface area contributed by atoms with Gasteiger partial charge in [-0.25, -0.2) is 0 Å². The van der Waals surface area contributed by atoms with Crippen molar-refractivity contribution < 1.29 is 4.74 Å². The van der Waals surface area contributed by atoms with E-state index in [1.807, 2.05) is 6.07 Å². The summed E-state index contributed by atoms with van der Waals surface area (Å²) in [4.78, 5) is 2.59. The summed E-state index contributed by atoms with van der Waals surface area (Å²) in [5, 5.41) is 3.56. The Kier molecular flexibility index (Phi) is 5.87. The third-order valence-corrected chi connectivity index (χ3v) is 4.48. The zero-order valence-electron chi connectivity index (χ0n) is 12.7. The SMILES string of the molecule is COc1ccc(CN2CCCC2CNC(C)C)cc1Br. The molecular weight excluding hydrogens is 316 g/mol. The van der Waals surface area contributed by atoms with Gasteiger partial charge in [0.05, 0.1) is 11.6 Å². The fourth-order valence-electron chi connectivity index (χ4n) is 2.75. The van der Waals surface area contributed by atoms with E-state index in [1.165, 1.54) is 24.9 Å². The van der Waals surface area contributed by atoms with Crippen LogP contribution in [-0.2, 0) is 6.54 Å². The highest BCUT2D eigenvalue weighted by molar-refractivity contribution is 9.10. The zero-order chi connectivity index (χ0) is 14.5. The molecule has 3 nitrogen and oxygen atoms in total. The molecule has 0 aromatic heterocycles. The molecule has 0 aliphatic carbocycles. The van der Waals surface area contributed by atoms with Crippen LogP contribution in [0.4, 0.5) is 0 Å². The Labute approximate surface area is 130 Å². The average Bonchev–Trinajstić information content (AvgIpc) is 2.84. The van der Waals surface area contributed by atoms with Crippen LogP contribution in [0.2, 0.25) is 0 Å². The molecule has 0 saturated carbocycles. The van der Waals surface area contributed by atoms with Crippen LogP contribution in [0.5, 0.6) is 5.75 Å². The minimum Gasteiger partial charge on any atom is -0.496 e. The number of methoxy groups -OCH3 is 1. The molecular formula is C16H25BrN2O. The van der Waals surface area contributed by atoms with Gasteiger partial charge in [-0.05, 0) is 53.0 Å². The van der Waals surface area contributed by atoms with E-state index in [1.54, 1.807) is 7.11 Å². The van der Waals surface area contributed by atoms with Gasteiger partial charge in [0.2, 0.25) is 0 Å². The smallest absolute Gasteiger partial charge is 0.133 e. The minimum atomic E-state index is 0.563. The van der Waals surface area contributed by atoms with Crippen molar-refractivity contribution in [3.63, 3.8) is 0 Å². The molecule has 1 saturated heterocycles. The molecule has 1 atom stereocenters. The molecule has 1 fully saturated rings. The van der Waals surface area contributed by atoms with Crippen molar-refractivity contribution in [1.29, 1.82) is 0 Å². The van der Waals surface area contributed by atoms with Crippen LogP contribution in [0, 0.1) is 0 Å². The van der Waals surface area contributed by atoms with Gasteiger partial charge in [-0.3, -0.25) is 4.90 Å². The van der Waals surface area contributed by atoms with Crippen LogP contribution < -0.4 is 10.1 Å². The maximum absolute atomic E-state index is 5.29. The molecule has 1 aromatic carbocycles. The second-order valence-electron chi connectivity index (χ2n) is 5.80. The lowest BCUT2D eigenvalue weighted by molar-refractivity contribution is 0.236. The van der Waals surface area contributed by atoms with Crippen LogP contribution >= 0.6 is 15.9 Å². The van der Waals surface area contributed by atoms with E-state index in [0.717, 1.165) is 23.3 Å². The molecule has 1 aliphatic rings. The lowest BCUT2D eigenvalue weighted by Gasteiger charge is -2.26. The van der Waals surface area contributed by atoms with Crippen molar-refractivity contribution in [1.82, 2.24) is 10.2 Å². The van der Waals surface area contributed by atoms with Crippen molar-refractivity contribution in [2.45, 2.75) is 45.3 Å². The van der Waals surface area contributed by atoms with Gasteiger partial charge in [0.15, 0.2) is 0 Å². The van der Waals surface area contributed by atoms with E-state index in [4.69, 9.17) is 4.74 Å². The second kappa shape index (κ2) is 7.43. The first-order valence-electron chi connectivity index (χ1n) is 7.40. The molecule has 1 unspecified atom stereocenters. The zero-order valence-corrected chi connectivity index (χ0v) is 14.2. The number of benzene rings is 1. The monoisotopic (exact) mass is 340 g/mol. The molecule has 1 aliphatic heterocycles. The van der Waals surface area contributed by atoms with Crippen molar-refractivity contribution >= 4 is 15.9 Å². The first kappa shape index (κ1) is 15.8. The summed E-state index contributed by atoms with van der Waals surface area (Å²) in [6, 6.07) is 7.60. The number of nitrogens with one attached hydrogen (secondary N) is 1. The third kappa shape index (κ3) is 4.21. The van der Waals surface area contributed by atoms with Gasteiger partial charge in [-0.1, -0.05) is 19.9 Å². The fraction of sp³-hybridized carbons (Fsp3) is 0.625. The van der Waals surface area contributed by atoms with E-state index in [0.29, 0.717) is 12.1 Å². The Bertz CT molecular complexity index is 436. The largest absolute Gasteiger partial charge is 0.496 e. The number of rotatable bonds is 6. The van der Waals surface area contributed by atoms with Crippen LogP contribution in [0.15, 0.2) is 22.7 Å². The van der Waals surface area contributed by atoms with Gasteiger partial charge in [0.25, 0.3) is 0 Å². The summed E-state index contributed by atoms with van der Waals surface area (Å²) in [5.41, 5.74) is 1.34. The molecule has 20 heavy (non-hydrogen) atoms. The fourth-order valence-corrected chi connectivity index (χ4v) is 3.34.